The summed E-state index contributed by atoms with van der Waals surface area (Å²) in [6, 6.07) is 12.9. The highest BCUT2D eigenvalue weighted by Gasteiger charge is 2.51. The summed E-state index contributed by atoms with van der Waals surface area (Å²) in [6.07, 6.45) is 1.60. The van der Waals surface area contributed by atoms with E-state index in [4.69, 9.17) is 11.6 Å². The molecule has 0 fully saturated rings. The third-order valence-electron chi connectivity index (χ3n) is 5.07. The number of benzene rings is 2. The first-order chi connectivity index (χ1) is 13.7. The number of carboxylic acids is 1. The minimum absolute atomic E-state index is 0.0331. The first kappa shape index (κ1) is 19.7. The molecule has 29 heavy (non-hydrogen) atoms. The van der Waals surface area contributed by atoms with Crippen molar-refractivity contribution >= 4 is 51.0 Å². The summed E-state index contributed by atoms with van der Waals surface area (Å²) in [6.45, 7) is 3.62. The Bertz CT molecular complexity index is 1120. The number of hydrogen-bond acceptors (Lipinski definition) is 3. The van der Waals surface area contributed by atoms with Gasteiger partial charge in [0.15, 0.2) is 0 Å². The van der Waals surface area contributed by atoms with E-state index in [9.17, 15) is 14.7 Å². The van der Waals surface area contributed by atoms with E-state index in [1.54, 1.807) is 19.1 Å². The molecule has 1 aliphatic rings. The van der Waals surface area contributed by atoms with Gasteiger partial charge in [-0.25, -0.2) is 14.7 Å². The van der Waals surface area contributed by atoms with Gasteiger partial charge in [0, 0.05) is 15.9 Å². The van der Waals surface area contributed by atoms with E-state index >= 15 is 0 Å². The highest BCUT2D eigenvalue weighted by atomic mass is 79.9. The minimum atomic E-state index is -1.15. The van der Waals surface area contributed by atoms with Gasteiger partial charge in [-0.1, -0.05) is 39.7 Å². The number of anilines is 2. The summed E-state index contributed by atoms with van der Waals surface area (Å²) in [4.78, 5) is 31.2. The van der Waals surface area contributed by atoms with Gasteiger partial charge in [0.25, 0.3) is 5.91 Å². The van der Waals surface area contributed by atoms with Crippen LogP contribution in [0.25, 0.3) is 0 Å². The molecule has 148 valence electrons. The van der Waals surface area contributed by atoms with Crippen LogP contribution >= 0.6 is 27.5 Å². The van der Waals surface area contributed by atoms with Gasteiger partial charge in [0.2, 0.25) is 5.95 Å². The van der Waals surface area contributed by atoms with Crippen molar-refractivity contribution in [1.29, 1.82) is 0 Å². The molecule has 0 saturated heterocycles. The average molecular weight is 475 g/mol. The molecule has 6 nitrogen and oxygen atoms in total. The Morgan fingerprint density at radius 1 is 1.24 bits per heavy atom. The zero-order valence-corrected chi connectivity index (χ0v) is 18.0. The number of fused-ring (bicyclic) bond motifs is 1. The van der Waals surface area contributed by atoms with Crippen molar-refractivity contribution in [2.24, 2.45) is 0 Å². The molecule has 0 saturated carbocycles. The maximum atomic E-state index is 13.6. The molecule has 0 spiro atoms. The maximum Gasteiger partial charge on any atom is 0.354 e. The molecule has 1 aliphatic heterocycles. The summed E-state index contributed by atoms with van der Waals surface area (Å²) < 4.78 is 2.44. The predicted octanol–water partition coefficient (Wildman–Crippen LogP) is 4.94. The molecule has 8 heteroatoms. The van der Waals surface area contributed by atoms with Crippen molar-refractivity contribution in [3.05, 3.63) is 75.0 Å². The standard InChI is InChI=1S/C21H17BrClN3O3/c1-12-7-15(23)9-16(8-12)25-19(29)21(2,10-13-3-5-14(22)6-4-13)26-17(18(27)28)11-24-20(25)26/h3-9,11H,10H2,1-2H3,(H,27,28). The van der Waals surface area contributed by atoms with E-state index < -0.39 is 11.5 Å². The van der Waals surface area contributed by atoms with Gasteiger partial charge >= 0.3 is 5.97 Å². The van der Waals surface area contributed by atoms with E-state index in [0.29, 0.717) is 17.1 Å². The first-order valence-corrected chi connectivity index (χ1v) is 10.1. The summed E-state index contributed by atoms with van der Waals surface area (Å²) in [7, 11) is 0. The fourth-order valence-electron chi connectivity index (χ4n) is 3.80. The average Bonchev–Trinajstić information content (AvgIpc) is 3.16. The zero-order chi connectivity index (χ0) is 20.9. The van der Waals surface area contributed by atoms with Gasteiger partial charge in [0.1, 0.15) is 11.2 Å². The molecule has 1 unspecified atom stereocenters. The van der Waals surface area contributed by atoms with Crippen LogP contribution in [-0.4, -0.2) is 26.5 Å². The molecule has 1 N–H and O–H groups in total. The topological polar surface area (TPSA) is 75.4 Å². The first-order valence-electron chi connectivity index (χ1n) is 8.88. The lowest BCUT2D eigenvalue weighted by molar-refractivity contribution is -0.123. The molecule has 0 bridgehead atoms. The Morgan fingerprint density at radius 2 is 1.93 bits per heavy atom. The Hall–Kier alpha value is -2.64. The van der Waals surface area contributed by atoms with Crippen molar-refractivity contribution < 1.29 is 14.7 Å². The number of amides is 1. The van der Waals surface area contributed by atoms with Crippen LogP contribution in [-0.2, 0) is 16.8 Å². The summed E-state index contributed by atoms with van der Waals surface area (Å²) in [5.41, 5.74) is 1.17. The van der Waals surface area contributed by atoms with Crippen molar-refractivity contribution in [2.45, 2.75) is 25.8 Å². The number of carboxylic acid groups (broad SMARTS) is 1. The SMILES string of the molecule is Cc1cc(Cl)cc(N2C(=O)C(C)(Cc3ccc(Br)cc3)n3c(C(=O)O)cnc32)c1. The van der Waals surface area contributed by atoms with Gasteiger partial charge in [-0.15, -0.1) is 0 Å². The number of imidazole rings is 1. The smallest absolute Gasteiger partial charge is 0.354 e. The predicted molar refractivity (Wildman–Crippen MR) is 114 cm³/mol. The molecule has 1 aromatic heterocycles. The van der Waals surface area contributed by atoms with Crippen molar-refractivity contribution in [3.8, 4) is 0 Å². The monoisotopic (exact) mass is 473 g/mol. The second-order valence-electron chi connectivity index (χ2n) is 7.29. The van der Waals surface area contributed by atoms with E-state index in [-0.39, 0.29) is 17.5 Å². The van der Waals surface area contributed by atoms with Crippen molar-refractivity contribution in [3.63, 3.8) is 0 Å². The van der Waals surface area contributed by atoms with E-state index in [1.165, 1.54) is 15.7 Å². The summed E-state index contributed by atoms with van der Waals surface area (Å²) in [5.74, 6) is -1.12. The van der Waals surface area contributed by atoms with Crippen LogP contribution in [0.5, 0.6) is 0 Å². The second-order valence-corrected chi connectivity index (χ2v) is 8.64. The number of hydrogen-bond donors (Lipinski definition) is 1. The Labute approximate surface area is 180 Å². The molecule has 3 aromatic rings. The van der Waals surface area contributed by atoms with Gasteiger partial charge < -0.3 is 5.11 Å². The van der Waals surface area contributed by atoms with Gasteiger partial charge in [-0.05, 0) is 55.3 Å². The largest absolute Gasteiger partial charge is 0.477 e. The van der Waals surface area contributed by atoms with Gasteiger partial charge in [-0.3, -0.25) is 9.36 Å². The van der Waals surface area contributed by atoms with Gasteiger partial charge in [-0.2, -0.15) is 0 Å². The lowest BCUT2D eigenvalue weighted by Crippen LogP contribution is -2.42. The Kier molecular flexibility index (Phi) is 4.75. The van der Waals surface area contributed by atoms with Crippen LogP contribution in [0.2, 0.25) is 5.02 Å². The third-order valence-corrected chi connectivity index (χ3v) is 5.81. The van der Waals surface area contributed by atoms with Crippen molar-refractivity contribution in [2.75, 3.05) is 4.90 Å². The molecule has 2 heterocycles. The number of carbonyl (C=O) groups is 2. The summed E-state index contributed by atoms with van der Waals surface area (Å²) in [5, 5.41) is 10.2. The molecule has 1 amide bonds. The van der Waals surface area contributed by atoms with Crippen LogP contribution < -0.4 is 4.90 Å². The molecule has 0 radical (unpaired) electrons. The van der Waals surface area contributed by atoms with Crippen LogP contribution in [0.1, 0.15) is 28.5 Å². The minimum Gasteiger partial charge on any atom is -0.477 e. The number of rotatable bonds is 4. The fraction of sp³-hybridized carbons (Fsp3) is 0.190. The highest BCUT2D eigenvalue weighted by molar-refractivity contribution is 9.10. The molecular formula is C21H17BrClN3O3. The van der Waals surface area contributed by atoms with E-state index in [0.717, 1.165) is 15.6 Å². The third kappa shape index (κ3) is 3.24. The molecule has 0 aliphatic carbocycles. The van der Waals surface area contributed by atoms with Crippen LogP contribution in [0.4, 0.5) is 11.6 Å². The maximum absolute atomic E-state index is 13.6. The molecule has 2 aromatic carbocycles. The number of halogens is 2. The number of aromatic carboxylic acids is 1. The number of aromatic nitrogens is 2. The Morgan fingerprint density at radius 3 is 2.55 bits per heavy atom. The van der Waals surface area contributed by atoms with E-state index in [2.05, 4.69) is 20.9 Å². The van der Waals surface area contributed by atoms with Crippen LogP contribution in [0.3, 0.4) is 0 Å². The van der Waals surface area contributed by atoms with Crippen LogP contribution in [0.15, 0.2) is 53.1 Å². The molecule has 1 atom stereocenters. The lowest BCUT2D eigenvalue weighted by atomic mass is 9.91. The van der Waals surface area contributed by atoms with E-state index in [1.807, 2.05) is 37.3 Å². The number of carbonyl (C=O) groups excluding carboxylic acids is 1. The normalized spacial score (nSPS) is 18.2. The summed E-state index contributed by atoms with van der Waals surface area (Å²) >= 11 is 9.62. The Balaban J connectivity index is 1.89. The second kappa shape index (κ2) is 7.00. The highest BCUT2D eigenvalue weighted by Crippen LogP contribution is 2.43. The van der Waals surface area contributed by atoms with Crippen molar-refractivity contribution in [1.82, 2.24) is 9.55 Å². The fourth-order valence-corrected chi connectivity index (χ4v) is 4.35. The quantitative estimate of drug-likeness (QED) is 0.581. The zero-order valence-electron chi connectivity index (χ0n) is 15.7. The molecular weight excluding hydrogens is 458 g/mol. The van der Waals surface area contributed by atoms with Crippen LogP contribution in [0, 0.1) is 6.92 Å². The number of nitrogens with zero attached hydrogens (tertiary/aromatic N) is 3. The number of aryl methyl sites for hydroxylation is 1. The van der Waals surface area contributed by atoms with Gasteiger partial charge in [0.05, 0.1) is 11.9 Å². The lowest BCUT2D eigenvalue weighted by Gasteiger charge is -2.26. The molecule has 4 rings (SSSR count).